The monoisotopic (exact) mass is 444 g/mol. The summed E-state index contributed by atoms with van der Waals surface area (Å²) in [6.07, 6.45) is 3.36. The normalized spacial score (nSPS) is 11.0. The van der Waals surface area contributed by atoms with Crippen LogP contribution in [0.1, 0.15) is 0 Å². The molecular weight excluding hydrogens is 430 g/mol. The molecule has 0 aliphatic rings. The maximum absolute atomic E-state index is 13.6. The molecule has 156 valence electrons. The maximum Gasteiger partial charge on any atom is 0.163 e. The molecule has 7 heteroatoms. The van der Waals surface area contributed by atoms with Crippen molar-refractivity contribution in [3.8, 4) is 22.5 Å². The third kappa shape index (κ3) is 4.00. The smallest absolute Gasteiger partial charge is 0.163 e. The van der Waals surface area contributed by atoms with Gasteiger partial charge in [0.15, 0.2) is 5.82 Å². The van der Waals surface area contributed by atoms with Gasteiger partial charge >= 0.3 is 0 Å². The van der Waals surface area contributed by atoms with Crippen LogP contribution in [-0.4, -0.2) is 15.0 Å². The maximum atomic E-state index is 13.6. The van der Waals surface area contributed by atoms with Crippen LogP contribution in [0.2, 0.25) is 5.02 Å². The number of benzene rings is 3. The van der Waals surface area contributed by atoms with Crippen LogP contribution in [-0.2, 0) is 0 Å². The molecule has 0 fully saturated rings. The minimum atomic E-state index is -0.496. The molecule has 2 heterocycles. The Kier molecular flexibility index (Phi) is 5.21. The van der Waals surface area contributed by atoms with Crippen LogP contribution >= 0.6 is 11.6 Å². The molecule has 0 atom stereocenters. The Morgan fingerprint density at radius 2 is 1.59 bits per heavy atom. The van der Waals surface area contributed by atoms with E-state index in [1.165, 1.54) is 24.3 Å². The molecule has 0 aliphatic heterocycles. The number of nitrogens with zero attached hydrogens (tertiary/aromatic N) is 3. The fourth-order valence-electron chi connectivity index (χ4n) is 3.38. The van der Waals surface area contributed by atoms with Gasteiger partial charge in [-0.05, 0) is 65.7 Å². The van der Waals surface area contributed by atoms with Gasteiger partial charge in [0.2, 0.25) is 0 Å². The average Bonchev–Trinajstić information content (AvgIpc) is 2.82. The lowest BCUT2D eigenvalue weighted by Crippen LogP contribution is -2.00. The summed E-state index contributed by atoms with van der Waals surface area (Å²) in [5, 5.41) is 4.00. The first-order chi connectivity index (χ1) is 15.6. The van der Waals surface area contributed by atoms with E-state index in [9.17, 15) is 8.78 Å². The molecule has 0 unspecified atom stereocenters. The quantitative estimate of drug-likeness (QED) is 0.323. The summed E-state index contributed by atoms with van der Waals surface area (Å²) < 4.78 is 26.9. The van der Waals surface area contributed by atoms with Crippen molar-refractivity contribution in [1.82, 2.24) is 15.0 Å². The fourth-order valence-corrected chi connectivity index (χ4v) is 3.56. The molecule has 5 aromatic rings. The number of fused-ring (bicyclic) bond motifs is 1. The van der Waals surface area contributed by atoms with Crippen LogP contribution in [0.5, 0.6) is 0 Å². The number of anilines is 2. The van der Waals surface area contributed by atoms with Crippen LogP contribution < -0.4 is 5.32 Å². The van der Waals surface area contributed by atoms with Gasteiger partial charge in [0, 0.05) is 29.0 Å². The lowest BCUT2D eigenvalue weighted by atomic mass is 10.0. The second-order valence-corrected chi connectivity index (χ2v) is 7.54. The lowest BCUT2D eigenvalue weighted by Gasteiger charge is -2.13. The second-order valence-electron chi connectivity index (χ2n) is 7.13. The fraction of sp³-hybridized carbons (Fsp3) is 0. The van der Waals surface area contributed by atoms with E-state index in [1.807, 2.05) is 30.3 Å². The molecule has 0 saturated heterocycles. The first-order valence-electron chi connectivity index (χ1n) is 9.77. The van der Waals surface area contributed by atoms with E-state index >= 15 is 0 Å². The molecular formula is C25H15ClF2N4. The van der Waals surface area contributed by atoms with E-state index in [4.69, 9.17) is 16.6 Å². The summed E-state index contributed by atoms with van der Waals surface area (Å²) in [4.78, 5) is 13.6. The molecule has 4 nitrogen and oxygen atoms in total. The third-order valence-electron chi connectivity index (χ3n) is 4.98. The Morgan fingerprint density at radius 3 is 2.34 bits per heavy atom. The number of hydrogen-bond acceptors (Lipinski definition) is 4. The largest absolute Gasteiger partial charge is 0.340 e. The molecule has 2 aromatic heterocycles. The van der Waals surface area contributed by atoms with Gasteiger partial charge in [-0.25, -0.2) is 18.7 Å². The Morgan fingerprint density at radius 1 is 0.781 bits per heavy atom. The van der Waals surface area contributed by atoms with Crippen LogP contribution in [0.25, 0.3) is 33.4 Å². The summed E-state index contributed by atoms with van der Waals surface area (Å²) in [6.45, 7) is 0. The molecule has 0 bridgehead atoms. The van der Waals surface area contributed by atoms with E-state index < -0.39 is 5.82 Å². The second kappa shape index (κ2) is 8.32. The van der Waals surface area contributed by atoms with Crippen LogP contribution in [0.15, 0.2) is 85.2 Å². The zero-order chi connectivity index (χ0) is 22.1. The van der Waals surface area contributed by atoms with E-state index in [0.717, 1.165) is 22.1 Å². The van der Waals surface area contributed by atoms with Gasteiger partial charge in [0.05, 0.1) is 10.5 Å². The number of hydrogen-bond donors (Lipinski definition) is 1. The zero-order valence-electron chi connectivity index (χ0n) is 16.6. The predicted molar refractivity (Wildman–Crippen MR) is 123 cm³/mol. The molecule has 32 heavy (non-hydrogen) atoms. The Labute approximate surface area is 187 Å². The molecule has 0 spiro atoms. The van der Waals surface area contributed by atoms with Gasteiger partial charge in [0.25, 0.3) is 0 Å². The lowest BCUT2D eigenvalue weighted by molar-refractivity contribution is 0.628. The van der Waals surface area contributed by atoms with Gasteiger partial charge in [-0.15, -0.1) is 0 Å². The molecule has 0 saturated carbocycles. The number of nitrogens with one attached hydrogen (secondary N) is 1. The molecule has 0 radical (unpaired) electrons. The van der Waals surface area contributed by atoms with Gasteiger partial charge in [-0.1, -0.05) is 29.8 Å². The van der Waals surface area contributed by atoms with E-state index in [2.05, 4.69) is 15.3 Å². The molecule has 0 aliphatic carbocycles. The Hall–Kier alpha value is -3.90. The van der Waals surface area contributed by atoms with Gasteiger partial charge < -0.3 is 5.32 Å². The molecule has 1 N–H and O–H groups in total. The van der Waals surface area contributed by atoms with Crippen molar-refractivity contribution in [2.75, 3.05) is 5.32 Å². The zero-order valence-corrected chi connectivity index (χ0v) is 17.3. The highest BCUT2D eigenvalue weighted by Gasteiger charge is 2.12. The first-order valence-corrected chi connectivity index (χ1v) is 10.1. The van der Waals surface area contributed by atoms with Gasteiger partial charge in [-0.3, -0.25) is 4.98 Å². The molecule has 0 amide bonds. The number of pyridine rings is 1. The topological polar surface area (TPSA) is 50.7 Å². The van der Waals surface area contributed by atoms with Crippen molar-refractivity contribution in [2.24, 2.45) is 0 Å². The van der Waals surface area contributed by atoms with Crippen LogP contribution in [0, 0.1) is 11.6 Å². The molecule has 5 rings (SSSR count). The summed E-state index contributed by atoms with van der Waals surface area (Å²) in [5.41, 5.74) is 3.80. The third-order valence-corrected chi connectivity index (χ3v) is 5.27. The van der Waals surface area contributed by atoms with E-state index in [1.54, 1.807) is 30.6 Å². The number of halogens is 3. The van der Waals surface area contributed by atoms with Crippen LogP contribution in [0.3, 0.4) is 0 Å². The summed E-state index contributed by atoms with van der Waals surface area (Å²) in [7, 11) is 0. The highest BCUT2D eigenvalue weighted by atomic mass is 35.5. The average molecular weight is 445 g/mol. The van der Waals surface area contributed by atoms with Crippen molar-refractivity contribution in [3.63, 3.8) is 0 Å². The highest BCUT2D eigenvalue weighted by Crippen LogP contribution is 2.31. The predicted octanol–water partition coefficient (Wildman–Crippen LogP) is 7.03. The highest BCUT2D eigenvalue weighted by molar-refractivity contribution is 6.31. The number of aromatic nitrogens is 3. The van der Waals surface area contributed by atoms with Crippen molar-refractivity contribution in [3.05, 3.63) is 102 Å². The van der Waals surface area contributed by atoms with Crippen molar-refractivity contribution in [1.29, 1.82) is 0 Å². The first kappa shape index (κ1) is 20.0. The Bertz CT molecular complexity index is 1420. The van der Waals surface area contributed by atoms with Gasteiger partial charge in [0.1, 0.15) is 17.5 Å². The minimum absolute atomic E-state index is 0.0134. The van der Waals surface area contributed by atoms with Crippen molar-refractivity contribution < 1.29 is 8.78 Å². The number of rotatable bonds is 4. The van der Waals surface area contributed by atoms with Crippen molar-refractivity contribution in [2.45, 2.75) is 0 Å². The van der Waals surface area contributed by atoms with Gasteiger partial charge in [-0.2, -0.15) is 0 Å². The van der Waals surface area contributed by atoms with Crippen molar-refractivity contribution >= 4 is 34.0 Å². The summed E-state index contributed by atoms with van der Waals surface area (Å²) in [6, 6.07) is 20.1. The standard InChI is InChI=1S/C25H15ClF2N4/c26-21-13-19(8-10-22(21)28)30-25-20-9-5-16(15-3-6-18(27)7-4-15)12-23(20)31-24(32-25)17-2-1-11-29-14-17/h1-14H,(H,30,31,32). The van der Waals surface area contributed by atoms with Crippen LogP contribution in [0.4, 0.5) is 20.3 Å². The summed E-state index contributed by atoms with van der Waals surface area (Å²) >= 11 is 5.94. The molecule has 3 aromatic carbocycles. The van der Waals surface area contributed by atoms with E-state index in [0.29, 0.717) is 22.8 Å². The summed E-state index contributed by atoms with van der Waals surface area (Å²) in [5.74, 6) is 0.240. The Balaban J connectivity index is 1.66. The minimum Gasteiger partial charge on any atom is -0.340 e. The SMILES string of the molecule is Fc1ccc(-c2ccc3c(Nc4ccc(F)c(Cl)c4)nc(-c4cccnc4)nc3c2)cc1. The van der Waals surface area contributed by atoms with E-state index in [-0.39, 0.29) is 10.8 Å².